The third-order valence-electron chi connectivity index (χ3n) is 3.97. The first-order valence-electron chi connectivity index (χ1n) is 7.15. The van der Waals surface area contributed by atoms with Gasteiger partial charge in [-0.25, -0.2) is 0 Å². The lowest BCUT2D eigenvalue weighted by Gasteiger charge is -2.17. The van der Waals surface area contributed by atoms with Gasteiger partial charge in [0.2, 0.25) is 0 Å². The minimum atomic E-state index is 0.850. The monoisotopic (exact) mass is 260 g/mol. The predicted octanol–water partition coefficient (Wildman–Crippen LogP) is 4.78. The normalized spacial score (nSPS) is 13.8. The molecule has 0 aromatic heterocycles. The molecule has 3 aliphatic rings. The second kappa shape index (κ2) is 4.68. The smallest absolute Gasteiger partial charge is 0.122 e. The van der Waals surface area contributed by atoms with Crippen molar-refractivity contribution in [2.45, 2.75) is 12.8 Å². The summed E-state index contributed by atoms with van der Waals surface area (Å²) < 4.78 is 5.69. The summed E-state index contributed by atoms with van der Waals surface area (Å²) in [6.45, 7) is 0.850. The van der Waals surface area contributed by atoms with Crippen LogP contribution in [0.1, 0.15) is 12.0 Å². The molecule has 1 heterocycles. The van der Waals surface area contributed by atoms with Gasteiger partial charge in [0, 0.05) is 0 Å². The van der Waals surface area contributed by atoms with Crippen molar-refractivity contribution in [3.05, 3.63) is 66.2 Å². The molecule has 0 saturated carbocycles. The van der Waals surface area contributed by atoms with Gasteiger partial charge in [0.25, 0.3) is 0 Å². The molecule has 0 spiro atoms. The summed E-state index contributed by atoms with van der Waals surface area (Å²) in [4.78, 5) is 0. The van der Waals surface area contributed by atoms with Crippen molar-refractivity contribution in [3.8, 4) is 28.0 Å². The van der Waals surface area contributed by atoms with Gasteiger partial charge in [0.15, 0.2) is 0 Å². The van der Waals surface area contributed by atoms with Gasteiger partial charge in [-0.15, -0.1) is 0 Å². The molecule has 2 aliphatic carbocycles. The first-order chi connectivity index (χ1) is 9.90. The zero-order valence-corrected chi connectivity index (χ0v) is 11.3. The zero-order valence-electron chi connectivity index (χ0n) is 11.3. The van der Waals surface area contributed by atoms with Crippen LogP contribution in [-0.4, -0.2) is 6.61 Å². The molecule has 98 valence electrons. The highest BCUT2D eigenvalue weighted by Gasteiger charge is 2.12. The zero-order chi connectivity index (χ0) is 13.4. The fourth-order valence-corrected chi connectivity index (χ4v) is 2.92. The van der Waals surface area contributed by atoms with Gasteiger partial charge in [-0.1, -0.05) is 36.4 Å². The first kappa shape index (κ1) is 11.5. The SMILES string of the molecule is c1ccc2cc(-c3ccc4c(c3)CCCO4)cc-2cc1. The molecule has 0 amide bonds. The van der Waals surface area contributed by atoms with Crippen molar-refractivity contribution in [3.63, 3.8) is 0 Å². The summed E-state index contributed by atoms with van der Waals surface area (Å²) in [6, 6.07) is 21.7. The largest absolute Gasteiger partial charge is 0.493 e. The molecular weight excluding hydrogens is 244 g/mol. The number of hydrogen-bond acceptors (Lipinski definition) is 1. The van der Waals surface area contributed by atoms with Gasteiger partial charge in [0.05, 0.1) is 6.61 Å². The molecule has 0 fully saturated rings. The lowest BCUT2D eigenvalue weighted by molar-refractivity contribution is 0.288. The molecule has 1 aromatic rings. The molecule has 4 rings (SSSR count). The van der Waals surface area contributed by atoms with E-state index in [2.05, 4.69) is 60.7 Å². The van der Waals surface area contributed by atoms with Crippen molar-refractivity contribution in [1.29, 1.82) is 0 Å². The van der Waals surface area contributed by atoms with Gasteiger partial charge in [0.1, 0.15) is 5.75 Å². The van der Waals surface area contributed by atoms with Crippen LogP contribution in [0.3, 0.4) is 0 Å². The first-order valence-corrected chi connectivity index (χ1v) is 7.15. The van der Waals surface area contributed by atoms with Crippen LogP contribution in [0.15, 0.2) is 60.7 Å². The Labute approximate surface area is 119 Å². The average Bonchev–Trinajstić information content (AvgIpc) is 2.78. The minimum absolute atomic E-state index is 0.850. The van der Waals surface area contributed by atoms with E-state index in [1.807, 2.05) is 0 Å². The highest BCUT2D eigenvalue weighted by Crippen LogP contribution is 2.35. The molecule has 0 unspecified atom stereocenters. The van der Waals surface area contributed by atoms with Crippen LogP contribution in [0, 0.1) is 0 Å². The van der Waals surface area contributed by atoms with Gasteiger partial charge in [-0.05, 0) is 64.9 Å². The Balaban J connectivity index is 1.81. The Morgan fingerprint density at radius 1 is 0.700 bits per heavy atom. The van der Waals surface area contributed by atoms with E-state index in [-0.39, 0.29) is 0 Å². The molecule has 1 aliphatic heterocycles. The average molecular weight is 260 g/mol. The van der Waals surface area contributed by atoms with E-state index in [4.69, 9.17) is 4.74 Å². The summed E-state index contributed by atoms with van der Waals surface area (Å²) >= 11 is 0. The van der Waals surface area contributed by atoms with Crippen LogP contribution in [0.5, 0.6) is 5.75 Å². The molecular formula is C19H16O. The molecule has 0 atom stereocenters. The Morgan fingerprint density at radius 3 is 2.25 bits per heavy atom. The Morgan fingerprint density at radius 2 is 1.45 bits per heavy atom. The Kier molecular flexibility index (Phi) is 2.70. The van der Waals surface area contributed by atoms with Crippen LogP contribution in [-0.2, 0) is 6.42 Å². The van der Waals surface area contributed by atoms with Crippen LogP contribution >= 0.6 is 0 Å². The molecule has 0 bridgehead atoms. The molecule has 0 radical (unpaired) electrons. The standard InChI is InChI=1S/C19H16O/c1-2-5-14-12-18(13-15(14)6-3-1)16-8-9-19-17(11-16)7-4-10-20-19/h1-3,5-6,8-9,11-13H,4,7,10H2. The minimum Gasteiger partial charge on any atom is -0.493 e. The number of ether oxygens (including phenoxy) is 1. The summed E-state index contributed by atoms with van der Waals surface area (Å²) in [6.07, 6.45) is 2.24. The Hall–Kier alpha value is -2.28. The van der Waals surface area contributed by atoms with Crippen molar-refractivity contribution in [2.75, 3.05) is 6.61 Å². The number of benzene rings is 1. The van der Waals surface area contributed by atoms with E-state index in [0.29, 0.717) is 0 Å². The number of rotatable bonds is 1. The van der Waals surface area contributed by atoms with Crippen molar-refractivity contribution in [1.82, 2.24) is 0 Å². The highest BCUT2D eigenvalue weighted by molar-refractivity contribution is 5.80. The van der Waals surface area contributed by atoms with E-state index >= 15 is 0 Å². The predicted molar refractivity (Wildman–Crippen MR) is 82.3 cm³/mol. The summed E-state index contributed by atoms with van der Waals surface area (Å²) in [5, 5.41) is 0. The second-order valence-corrected chi connectivity index (χ2v) is 5.34. The van der Waals surface area contributed by atoms with Crippen LogP contribution < -0.4 is 4.74 Å². The molecule has 20 heavy (non-hydrogen) atoms. The van der Waals surface area contributed by atoms with E-state index < -0.39 is 0 Å². The summed E-state index contributed by atoms with van der Waals surface area (Å²) in [7, 11) is 0. The number of aryl methyl sites for hydroxylation is 1. The molecule has 1 heteroatoms. The van der Waals surface area contributed by atoms with Gasteiger partial charge >= 0.3 is 0 Å². The fourth-order valence-electron chi connectivity index (χ4n) is 2.92. The topological polar surface area (TPSA) is 9.23 Å². The van der Waals surface area contributed by atoms with E-state index in [1.165, 1.54) is 27.8 Å². The lowest BCUT2D eigenvalue weighted by Crippen LogP contribution is -2.07. The fraction of sp³-hybridized carbons (Fsp3) is 0.158. The van der Waals surface area contributed by atoms with E-state index in [0.717, 1.165) is 25.2 Å². The van der Waals surface area contributed by atoms with Crippen molar-refractivity contribution in [2.24, 2.45) is 0 Å². The van der Waals surface area contributed by atoms with Gasteiger partial charge in [-0.3, -0.25) is 0 Å². The van der Waals surface area contributed by atoms with E-state index in [9.17, 15) is 0 Å². The summed E-state index contributed by atoms with van der Waals surface area (Å²) in [5.74, 6) is 1.06. The van der Waals surface area contributed by atoms with Gasteiger partial charge < -0.3 is 4.74 Å². The molecule has 1 aromatic carbocycles. The number of fused-ring (bicyclic) bond motifs is 2. The highest BCUT2D eigenvalue weighted by atomic mass is 16.5. The van der Waals surface area contributed by atoms with Gasteiger partial charge in [-0.2, -0.15) is 0 Å². The maximum Gasteiger partial charge on any atom is 0.122 e. The molecule has 1 nitrogen and oxygen atoms in total. The lowest BCUT2D eigenvalue weighted by atomic mass is 10.0. The maximum absolute atomic E-state index is 5.69. The molecule has 0 N–H and O–H groups in total. The quantitative estimate of drug-likeness (QED) is 0.611. The van der Waals surface area contributed by atoms with Crippen LogP contribution in [0.25, 0.3) is 22.3 Å². The maximum atomic E-state index is 5.69. The Bertz CT molecular complexity index is 699. The van der Waals surface area contributed by atoms with Crippen LogP contribution in [0.4, 0.5) is 0 Å². The van der Waals surface area contributed by atoms with E-state index in [1.54, 1.807) is 0 Å². The summed E-state index contributed by atoms with van der Waals surface area (Å²) in [5.41, 5.74) is 6.50. The molecule has 0 saturated heterocycles. The van der Waals surface area contributed by atoms with Crippen LogP contribution in [0.2, 0.25) is 0 Å². The number of hydrogen-bond donors (Lipinski definition) is 0. The van der Waals surface area contributed by atoms with Crippen molar-refractivity contribution < 1.29 is 4.74 Å². The second-order valence-electron chi connectivity index (χ2n) is 5.34. The third-order valence-corrected chi connectivity index (χ3v) is 3.97. The third kappa shape index (κ3) is 1.96. The van der Waals surface area contributed by atoms with Crippen molar-refractivity contribution >= 4 is 0 Å².